The molecule has 4 heteroatoms. The summed E-state index contributed by atoms with van der Waals surface area (Å²) < 4.78 is 1.16. The fourth-order valence-electron chi connectivity index (χ4n) is 2.64. The molecule has 1 aliphatic rings. The van der Waals surface area contributed by atoms with Gasteiger partial charge in [0.1, 0.15) is 0 Å². The minimum absolute atomic E-state index is 0.146. The monoisotopic (exact) mass is 340 g/mol. The molecule has 1 heterocycles. The van der Waals surface area contributed by atoms with Gasteiger partial charge in [0.2, 0.25) is 0 Å². The van der Waals surface area contributed by atoms with Crippen molar-refractivity contribution in [3.63, 3.8) is 0 Å². The van der Waals surface area contributed by atoms with Crippen LogP contribution in [-0.4, -0.2) is 30.8 Å². The molecule has 0 radical (unpaired) electrons. The second-order valence-electron chi connectivity index (χ2n) is 5.73. The Morgan fingerprint density at radius 2 is 2.25 bits per heavy atom. The maximum Gasteiger partial charge on any atom is 0.0599 e. The minimum atomic E-state index is -0.146. The fourth-order valence-corrected chi connectivity index (χ4v) is 3.15. The molecular formula is C16H25BrN2O. The first-order valence-corrected chi connectivity index (χ1v) is 8.33. The summed E-state index contributed by atoms with van der Waals surface area (Å²) >= 11 is 3.68. The highest BCUT2D eigenvalue weighted by molar-refractivity contribution is 9.10. The van der Waals surface area contributed by atoms with E-state index in [-0.39, 0.29) is 6.10 Å². The van der Waals surface area contributed by atoms with Crippen molar-refractivity contribution in [1.82, 2.24) is 5.32 Å². The van der Waals surface area contributed by atoms with Gasteiger partial charge in [-0.05, 0) is 43.0 Å². The summed E-state index contributed by atoms with van der Waals surface area (Å²) in [5.74, 6) is 0.341. The number of nitrogens with one attached hydrogen (secondary N) is 1. The van der Waals surface area contributed by atoms with Gasteiger partial charge in [-0.1, -0.05) is 35.8 Å². The van der Waals surface area contributed by atoms with E-state index in [0.717, 1.165) is 43.5 Å². The zero-order valence-corrected chi connectivity index (χ0v) is 14.0. The average Bonchev–Trinajstić information content (AvgIpc) is 2.44. The maximum atomic E-state index is 9.82. The lowest BCUT2D eigenvalue weighted by atomic mass is 9.96. The minimum Gasteiger partial charge on any atom is -0.393 e. The first-order chi connectivity index (χ1) is 9.61. The van der Waals surface area contributed by atoms with Crippen molar-refractivity contribution in [1.29, 1.82) is 0 Å². The van der Waals surface area contributed by atoms with Gasteiger partial charge >= 0.3 is 0 Å². The van der Waals surface area contributed by atoms with Crippen molar-refractivity contribution in [3.05, 3.63) is 28.2 Å². The Kier molecular flexibility index (Phi) is 5.87. The van der Waals surface area contributed by atoms with E-state index in [0.29, 0.717) is 5.92 Å². The number of benzene rings is 1. The number of aliphatic hydroxyl groups excluding tert-OH is 1. The van der Waals surface area contributed by atoms with Crippen molar-refractivity contribution in [2.45, 2.75) is 39.3 Å². The maximum absolute atomic E-state index is 9.82. The third-order valence-electron chi connectivity index (χ3n) is 4.00. The lowest BCUT2D eigenvalue weighted by Gasteiger charge is -2.36. The van der Waals surface area contributed by atoms with E-state index < -0.39 is 0 Å². The van der Waals surface area contributed by atoms with Crippen molar-refractivity contribution in [3.8, 4) is 0 Å². The molecule has 0 aliphatic carbocycles. The molecule has 2 unspecified atom stereocenters. The van der Waals surface area contributed by atoms with E-state index >= 15 is 0 Å². The van der Waals surface area contributed by atoms with Crippen LogP contribution in [0, 0.1) is 5.92 Å². The van der Waals surface area contributed by atoms with Crippen molar-refractivity contribution < 1.29 is 5.11 Å². The van der Waals surface area contributed by atoms with E-state index in [1.165, 1.54) is 11.3 Å². The second-order valence-corrected chi connectivity index (χ2v) is 6.59. The molecule has 2 rings (SSSR count). The number of aliphatic hydroxyl groups is 1. The van der Waals surface area contributed by atoms with Gasteiger partial charge in [0.15, 0.2) is 0 Å². The van der Waals surface area contributed by atoms with Crippen molar-refractivity contribution >= 4 is 21.6 Å². The summed E-state index contributed by atoms with van der Waals surface area (Å²) in [6.07, 6.45) is 1.87. The molecule has 1 aliphatic heterocycles. The van der Waals surface area contributed by atoms with Gasteiger partial charge in [0, 0.05) is 29.8 Å². The molecule has 0 aromatic heterocycles. The SMILES string of the molecule is CCCNCc1ccc(N2CCC(O)C(C)C2)cc1Br. The van der Waals surface area contributed by atoms with Crippen LogP contribution in [0.2, 0.25) is 0 Å². The molecule has 0 bridgehead atoms. The van der Waals surface area contributed by atoms with E-state index in [1.54, 1.807) is 0 Å². The standard InChI is InChI=1S/C16H25BrN2O/c1-3-7-18-10-13-4-5-14(9-15(13)17)19-8-6-16(20)12(2)11-19/h4-5,9,12,16,18,20H,3,6-8,10-11H2,1-2H3. The van der Waals surface area contributed by atoms with Crippen molar-refractivity contribution in [2.24, 2.45) is 5.92 Å². The number of piperidine rings is 1. The molecule has 1 saturated heterocycles. The zero-order chi connectivity index (χ0) is 14.5. The number of rotatable bonds is 5. The molecule has 112 valence electrons. The largest absolute Gasteiger partial charge is 0.393 e. The van der Waals surface area contributed by atoms with Crippen LogP contribution in [-0.2, 0) is 6.54 Å². The molecule has 2 atom stereocenters. The predicted octanol–water partition coefficient (Wildman–Crippen LogP) is 3.16. The number of hydrogen-bond donors (Lipinski definition) is 2. The molecule has 1 aromatic carbocycles. The summed E-state index contributed by atoms with van der Waals surface area (Å²) in [5, 5.41) is 13.2. The molecule has 3 nitrogen and oxygen atoms in total. The van der Waals surface area contributed by atoms with Gasteiger partial charge in [-0.25, -0.2) is 0 Å². The summed E-state index contributed by atoms with van der Waals surface area (Å²) in [4.78, 5) is 2.37. The lowest BCUT2D eigenvalue weighted by molar-refractivity contribution is 0.0971. The molecule has 1 aromatic rings. The normalized spacial score (nSPS) is 23.1. The zero-order valence-electron chi connectivity index (χ0n) is 12.4. The Hall–Kier alpha value is -0.580. The average molecular weight is 341 g/mol. The van der Waals surface area contributed by atoms with Gasteiger partial charge in [-0.15, -0.1) is 0 Å². The molecular weight excluding hydrogens is 316 g/mol. The third kappa shape index (κ3) is 3.96. The first kappa shape index (κ1) is 15.8. The van der Waals surface area contributed by atoms with Gasteiger partial charge in [-0.3, -0.25) is 0 Å². The molecule has 0 spiro atoms. The first-order valence-electron chi connectivity index (χ1n) is 7.54. The highest BCUT2D eigenvalue weighted by atomic mass is 79.9. The summed E-state index contributed by atoms with van der Waals surface area (Å²) in [6, 6.07) is 6.59. The Labute approximate surface area is 130 Å². The van der Waals surface area contributed by atoms with Crippen molar-refractivity contribution in [2.75, 3.05) is 24.5 Å². The van der Waals surface area contributed by atoms with E-state index in [4.69, 9.17) is 0 Å². The van der Waals surface area contributed by atoms with Crippen LogP contribution < -0.4 is 10.2 Å². The molecule has 2 N–H and O–H groups in total. The Balaban J connectivity index is 2.01. The topological polar surface area (TPSA) is 35.5 Å². The van der Waals surface area contributed by atoms with Crippen LogP contribution in [0.25, 0.3) is 0 Å². The van der Waals surface area contributed by atoms with Crippen LogP contribution in [0.5, 0.6) is 0 Å². The van der Waals surface area contributed by atoms with Gasteiger partial charge in [-0.2, -0.15) is 0 Å². The van der Waals surface area contributed by atoms with E-state index in [9.17, 15) is 5.11 Å². The molecule has 20 heavy (non-hydrogen) atoms. The quantitative estimate of drug-likeness (QED) is 0.808. The van der Waals surface area contributed by atoms with Gasteiger partial charge in [0.05, 0.1) is 6.10 Å². The molecule has 1 fully saturated rings. The summed E-state index contributed by atoms with van der Waals surface area (Å²) in [6.45, 7) is 8.12. The smallest absolute Gasteiger partial charge is 0.0599 e. The van der Waals surface area contributed by atoms with E-state index in [1.807, 2.05) is 0 Å². The van der Waals surface area contributed by atoms with Gasteiger partial charge < -0.3 is 15.3 Å². The number of nitrogens with zero attached hydrogens (tertiary/aromatic N) is 1. The lowest BCUT2D eigenvalue weighted by Crippen LogP contribution is -2.41. The summed E-state index contributed by atoms with van der Waals surface area (Å²) in [5.41, 5.74) is 2.54. The van der Waals surface area contributed by atoms with Crippen LogP contribution in [0.15, 0.2) is 22.7 Å². The van der Waals surface area contributed by atoms with Crippen LogP contribution in [0.3, 0.4) is 0 Å². The Morgan fingerprint density at radius 3 is 2.90 bits per heavy atom. The predicted molar refractivity (Wildman–Crippen MR) is 88.1 cm³/mol. The van der Waals surface area contributed by atoms with Crippen LogP contribution in [0.1, 0.15) is 32.3 Å². The fraction of sp³-hybridized carbons (Fsp3) is 0.625. The molecule has 0 amide bonds. The highest BCUT2D eigenvalue weighted by Gasteiger charge is 2.24. The van der Waals surface area contributed by atoms with Gasteiger partial charge in [0.25, 0.3) is 0 Å². The third-order valence-corrected chi connectivity index (χ3v) is 4.74. The van der Waals surface area contributed by atoms with E-state index in [2.05, 4.69) is 58.2 Å². The van der Waals surface area contributed by atoms with Crippen LogP contribution >= 0.6 is 15.9 Å². The van der Waals surface area contributed by atoms with Crippen LogP contribution in [0.4, 0.5) is 5.69 Å². The molecule has 0 saturated carbocycles. The Morgan fingerprint density at radius 1 is 1.45 bits per heavy atom. The Bertz CT molecular complexity index is 438. The highest BCUT2D eigenvalue weighted by Crippen LogP contribution is 2.28. The number of anilines is 1. The second kappa shape index (κ2) is 7.43. The number of hydrogen-bond acceptors (Lipinski definition) is 3. The summed E-state index contributed by atoms with van der Waals surface area (Å²) in [7, 11) is 0. The number of halogens is 1.